The second-order valence-corrected chi connectivity index (χ2v) is 5.08. The summed E-state index contributed by atoms with van der Waals surface area (Å²) in [6.45, 7) is 2.41. The third-order valence-corrected chi connectivity index (χ3v) is 3.25. The van der Waals surface area contributed by atoms with Crippen molar-refractivity contribution in [2.24, 2.45) is 0 Å². The monoisotopic (exact) mass is 248 g/mol. The molecule has 3 rings (SSSR count). The normalized spacial score (nSPS) is 21.9. The molecule has 0 radical (unpaired) electrons. The number of rotatable bonds is 8. The molecule has 3 heteroatoms. The summed E-state index contributed by atoms with van der Waals surface area (Å²) in [4.78, 5) is 0. The molecule has 1 unspecified atom stereocenters. The summed E-state index contributed by atoms with van der Waals surface area (Å²) in [5.74, 6) is 0.934. The lowest BCUT2D eigenvalue weighted by atomic mass is 10.1. The minimum atomic E-state index is 0.323. The second-order valence-electron chi connectivity index (χ2n) is 5.08. The van der Waals surface area contributed by atoms with Gasteiger partial charge in [0, 0.05) is 6.61 Å². The van der Waals surface area contributed by atoms with Crippen LogP contribution in [-0.4, -0.2) is 32.0 Å². The molecule has 1 saturated heterocycles. The molecule has 0 spiro atoms. The lowest BCUT2D eigenvalue weighted by molar-refractivity contribution is 0.117. The first-order chi connectivity index (χ1) is 8.90. The number of epoxide rings is 1. The zero-order valence-electron chi connectivity index (χ0n) is 10.6. The van der Waals surface area contributed by atoms with Gasteiger partial charge in [-0.1, -0.05) is 12.1 Å². The molecule has 2 aliphatic rings. The highest BCUT2D eigenvalue weighted by atomic mass is 16.6. The van der Waals surface area contributed by atoms with E-state index in [1.54, 1.807) is 0 Å². The van der Waals surface area contributed by atoms with E-state index in [1.807, 2.05) is 12.1 Å². The molecule has 2 fully saturated rings. The maximum absolute atomic E-state index is 5.63. The first kappa shape index (κ1) is 12.0. The van der Waals surface area contributed by atoms with Crippen LogP contribution in [-0.2, 0) is 15.9 Å². The fourth-order valence-electron chi connectivity index (χ4n) is 1.87. The number of benzene rings is 1. The average molecular weight is 248 g/mol. The predicted octanol–water partition coefficient (Wildman–Crippen LogP) is 2.58. The molecule has 98 valence electrons. The highest BCUT2D eigenvalue weighted by molar-refractivity contribution is 5.27. The summed E-state index contributed by atoms with van der Waals surface area (Å²) in [5.41, 5.74) is 1.35. The molecular formula is C15H20O3. The third kappa shape index (κ3) is 4.00. The fraction of sp³-hybridized carbons (Fsp3) is 0.600. The Morgan fingerprint density at radius 1 is 1.17 bits per heavy atom. The van der Waals surface area contributed by atoms with Gasteiger partial charge in [-0.15, -0.1) is 0 Å². The minimum absolute atomic E-state index is 0.323. The molecule has 0 N–H and O–H groups in total. The van der Waals surface area contributed by atoms with Crippen molar-refractivity contribution in [3.8, 4) is 5.75 Å². The molecule has 0 amide bonds. The summed E-state index contributed by atoms with van der Waals surface area (Å²) in [7, 11) is 0. The van der Waals surface area contributed by atoms with Crippen LogP contribution in [0.3, 0.4) is 0 Å². The quantitative estimate of drug-likeness (QED) is 0.523. The molecule has 1 aliphatic carbocycles. The Bertz CT molecular complexity index is 366. The molecule has 18 heavy (non-hydrogen) atoms. The van der Waals surface area contributed by atoms with Crippen molar-refractivity contribution in [2.75, 3.05) is 19.8 Å². The SMILES string of the molecule is c1cc(OCC2CO2)ccc1CCCOC1CC1. The summed E-state index contributed by atoms with van der Waals surface area (Å²) in [5, 5.41) is 0. The van der Waals surface area contributed by atoms with Crippen LogP contribution in [0.15, 0.2) is 24.3 Å². The molecule has 1 aliphatic heterocycles. The van der Waals surface area contributed by atoms with E-state index in [0.717, 1.165) is 31.8 Å². The molecule has 3 nitrogen and oxygen atoms in total. The Morgan fingerprint density at radius 3 is 2.61 bits per heavy atom. The topological polar surface area (TPSA) is 31.0 Å². The van der Waals surface area contributed by atoms with Gasteiger partial charge in [0.1, 0.15) is 18.5 Å². The summed E-state index contributed by atoms with van der Waals surface area (Å²) in [6.07, 6.45) is 5.61. The smallest absolute Gasteiger partial charge is 0.119 e. The Morgan fingerprint density at radius 2 is 1.94 bits per heavy atom. The lowest BCUT2D eigenvalue weighted by Gasteiger charge is -2.06. The maximum Gasteiger partial charge on any atom is 0.119 e. The van der Waals surface area contributed by atoms with Crippen LogP contribution in [0.4, 0.5) is 0 Å². The molecule has 1 aromatic rings. The summed E-state index contributed by atoms with van der Waals surface area (Å²) in [6, 6.07) is 8.36. The molecule has 1 atom stereocenters. The van der Waals surface area contributed by atoms with Crippen LogP contribution in [0.2, 0.25) is 0 Å². The van der Waals surface area contributed by atoms with Gasteiger partial charge in [0.15, 0.2) is 0 Å². The Balaban J connectivity index is 1.35. The molecule has 0 bridgehead atoms. The van der Waals surface area contributed by atoms with Crippen LogP contribution in [0.1, 0.15) is 24.8 Å². The second kappa shape index (κ2) is 5.72. The van der Waals surface area contributed by atoms with Gasteiger partial charge in [0.05, 0.1) is 12.7 Å². The van der Waals surface area contributed by atoms with Gasteiger partial charge in [-0.05, 0) is 43.4 Å². The van der Waals surface area contributed by atoms with E-state index >= 15 is 0 Å². The fourth-order valence-corrected chi connectivity index (χ4v) is 1.87. The van der Waals surface area contributed by atoms with E-state index < -0.39 is 0 Å². The molecule has 1 aromatic carbocycles. The number of hydrogen-bond donors (Lipinski definition) is 0. The Labute approximate surface area is 108 Å². The minimum Gasteiger partial charge on any atom is -0.491 e. The van der Waals surface area contributed by atoms with Gasteiger partial charge in [-0.3, -0.25) is 0 Å². The van der Waals surface area contributed by atoms with Gasteiger partial charge in [0.25, 0.3) is 0 Å². The molecular weight excluding hydrogens is 228 g/mol. The van der Waals surface area contributed by atoms with Gasteiger partial charge in [-0.2, -0.15) is 0 Å². The van der Waals surface area contributed by atoms with Gasteiger partial charge in [0.2, 0.25) is 0 Å². The van der Waals surface area contributed by atoms with E-state index in [9.17, 15) is 0 Å². The molecule has 1 saturated carbocycles. The number of hydrogen-bond acceptors (Lipinski definition) is 3. The van der Waals surface area contributed by atoms with E-state index in [-0.39, 0.29) is 0 Å². The molecule has 1 heterocycles. The van der Waals surface area contributed by atoms with Crippen LogP contribution in [0.25, 0.3) is 0 Å². The zero-order valence-corrected chi connectivity index (χ0v) is 10.6. The Kier molecular flexibility index (Phi) is 3.81. The number of ether oxygens (including phenoxy) is 3. The van der Waals surface area contributed by atoms with E-state index in [2.05, 4.69) is 12.1 Å². The van der Waals surface area contributed by atoms with Gasteiger partial charge >= 0.3 is 0 Å². The van der Waals surface area contributed by atoms with Crippen molar-refractivity contribution in [2.45, 2.75) is 37.9 Å². The molecule has 0 aromatic heterocycles. The Hall–Kier alpha value is -1.06. The standard InChI is InChI=1S/C15H20O3/c1(9-16-13-7-8-13)2-12-3-5-14(6-4-12)17-10-15-11-18-15/h3-6,13,15H,1-2,7-11H2. The van der Waals surface area contributed by atoms with Gasteiger partial charge < -0.3 is 14.2 Å². The van der Waals surface area contributed by atoms with Crippen molar-refractivity contribution in [3.63, 3.8) is 0 Å². The van der Waals surface area contributed by atoms with Crippen LogP contribution >= 0.6 is 0 Å². The third-order valence-electron chi connectivity index (χ3n) is 3.25. The predicted molar refractivity (Wildman–Crippen MR) is 69.0 cm³/mol. The van der Waals surface area contributed by atoms with Crippen LogP contribution in [0, 0.1) is 0 Å². The largest absolute Gasteiger partial charge is 0.491 e. The highest BCUT2D eigenvalue weighted by Gasteiger charge is 2.23. The lowest BCUT2D eigenvalue weighted by Crippen LogP contribution is -2.04. The van der Waals surface area contributed by atoms with Crippen molar-refractivity contribution < 1.29 is 14.2 Å². The highest BCUT2D eigenvalue weighted by Crippen LogP contribution is 2.23. The first-order valence-corrected chi connectivity index (χ1v) is 6.85. The summed E-state index contributed by atoms with van der Waals surface area (Å²) < 4.78 is 16.3. The first-order valence-electron chi connectivity index (χ1n) is 6.85. The van der Waals surface area contributed by atoms with E-state index in [4.69, 9.17) is 14.2 Å². The zero-order chi connectivity index (χ0) is 12.2. The van der Waals surface area contributed by atoms with Gasteiger partial charge in [-0.25, -0.2) is 0 Å². The van der Waals surface area contributed by atoms with Crippen molar-refractivity contribution in [1.82, 2.24) is 0 Å². The van der Waals surface area contributed by atoms with Crippen LogP contribution < -0.4 is 4.74 Å². The maximum atomic E-state index is 5.63. The average Bonchev–Trinajstić information content (AvgIpc) is 3.28. The van der Waals surface area contributed by atoms with E-state index in [0.29, 0.717) is 18.8 Å². The summed E-state index contributed by atoms with van der Waals surface area (Å²) >= 11 is 0. The van der Waals surface area contributed by atoms with Crippen molar-refractivity contribution >= 4 is 0 Å². The van der Waals surface area contributed by atoms with Crippen molar-refractivity contribution in [3.05, 3.63) is 29.8 Å². The van der Waals surface area contributed by atoms with E-state index in [1.165, 1.54) is 18.4 Å². The van der Waals surface area contributed by atoms with Crippen molar-refractivity contribution in [1.29, 1.82) is 0 Å². The van der Waals surface area contributed by atoms with Crippen LogP contribution in [0.5, 0.6) is 5.75 Å². The number of aryl methyl sites for hydroxylation is 1.